The maximum Gasteiger partial charge on any atom is -0.0272 e. The van der Waals surface area contributed by atoms with Crippen LogP contribution in [0.2, 0.25) is 0 Å². The second-order valence-corrected chi connectivity index (χ2v) is 9.36. The third-order valence-electron chi connectivity index (χ3n) is 7.73. The van der Waals surface area contributed by atoms with Gasteiger partial charge < -0.3 is 0 Å². The molecule has 0 unspecified atom stereocenters. The van der Waals surface area contributed by atoms with Crippen molar-refractivity contribution in [3.8, 4) is 0 Å². The largest absolute Gasteiger partial charge is 0.0625 e. The van der Waals surface area contributed by atoms with Gasteiger partial charge in [0.25, 0.3) is 0 Å². The number of hydrogen-bond acceptors (Lipinski definition) is 0. The summed E-state index contributed by atoms with van der Waals surface area (Å²) >= 11 is 0. The molecule has 0 aromatic carbocycles. The molecule has 0 nitrogen and oxygen atoms in total. The van der Waals surface area contributed by atoms with Gasteiger partial charge in [-0.15, -0.1) is 0 Å². The fourth-order valence-electron chi connectivity index (χ4n) is 5.02. The van der Waals surface area contributed by atoms with Gasteiger partial charge in [-0.1, -0.05) is 67.2 Å². The van der Waals surface area contributed by atoms with E-state index >= 15 is 0 Å². The zero-order chi connectivity index (χ0) is 15.0. The molecule has 0 spiro atoms. The first-order valence-corrected chi connectivity index (χ1v) is 9.25. The van der Waals surface area contributed by atoms with Crippen LogP contribution in [-0.2, 0) is 0 Å². The van der Waals surface area contributed by atoms with Crippen molar-refractivity contribution >= 4 is 0 Å². The van der Waals surface area contributed by atoms with E-state index < -0.39 is 0 Å². The first kappa shape index (κ1) is 16.4. The molecule has 0 atom stereocenters. The molecule has 118 valence electrons. The van der Waals surface area contributed by atoms with Crippen LogP contribution in [0, 0.1) is 34.5 Å². The van der Waals surface area contributed by atoms with Crippen molar-refractivity contribution < 1.29 is 0 Å². The predicted octanol–water partition coefficient (Wildman–Crippen LogP) is 6.69. The van der Waals surface area contributed by atoms with Crippen LogP contribution < -0.4 is 0 Å². The van der Waals surface area contributed by atoms with Crippen molar-refractivity contribution in [1.29, 1.82) is 0 Å². The summed E-state index contributed by atoms with van der Waals surface area (Å²) in [6.45, 7) is 15.2. The Morgan fingerprint density at radius 1 is 0.500 bits per heavy atom. The van der Waals surface area contributed by atoms with Gasteiger partial charge >= 0.3 is 0 Å². The molecule has 0 aromatic rings. The summed E-state index contributed by atoms with van der Waals surface area (Å²) in [7, 11) is 0. The Bertz CT molecular complexity index is 264. The number of rotatable bonds is 3. The van der Waals surface area contributed by atoms with Gasteiger partial charge in [0, 0.05) is 0 Å². The van der Waals surface area contributed by atoms with Gasteiger partial charge in [0.1, 0.15) is 0 Å². The summed E-state index contributed by atoms with van der Waals surface area (Å²) in [6.07, 6.45) is 11.7. The summed E-state index contributed by atoms with van der Waals surface area (Å²) in [6, 6.07) is 0. The maximum absolute atomic E-state index is 2.59. The third kappa shape index (κ3) is 3.09. The molecule has 20 heavy (non-hydrogen) atoms. The highest BCUT2D eigenvalue weighted by Gasteiger charge is 2.47. The van der Waals surface area contributed by atoms with Gasteiger partial charge in [-0.3, -0.25) is 0 Å². The Labute approximate surface area is 128 Å². The van der Waals surface area contributed by atoms with Crippen LogP contribution in [0.5, 0.6) is 0 Å². The van der Waals surface area contributed by atoms with Crippen molar-refractivity contribution in [3.05, 3.63) is 0 Å². The maximum atomic E-state index is 2.59. The molecule has 2 fully saturated rings. The lowest BCUT2D eigenvalue weighted by Crippen LogP contribution is -2.46. The highest BCUT2D eigenvalue weighted by Crippen LogP contribution is 2.56. The van der Waals surface area contributed by atoms with E-state index in [0.29, 0.717) is 10.8 Å². The molecule has 0 radical (unpaired) electrons. The van der Waals surface area contributed by atoms with Crippen LogP contribution in [0.15, 0.2) is 0 Å². The third-order valence-corrected chi connectivity index (χ3v) is 7.73. The molecular weight excluding hydrogens is 240 g/mol. The van der Waals surface area contributed by atoms with E-state index in [9.17, 15) is 0 Å². The Balaban J connectivity index is 2.06. The predicted molar refractivity (Wildman–Crippen MR) is 89.8 cm³/mol. The molecule has 0 heterocycles. The van der Waals surface area contributed by atoms with Crippen molar-refractivity contribution in [1.82, 2.24) is 0 Å². The molecule has 0 heteroatoms. The Morgan fingerprint density at radius 3 is 1.00 bits per heavy atom. The van der Waals surface area contributed by atoms with E-state index in [1.54, 1.807) is 0 Å². The normalized spacial score (nSPS) is 36.9. The van der Waals surface area contributed by atoms with Crippen molar-refractivity contribution in [2.24, 2.45) is 34.5 Å². The molecule has 0 saturated heterocycles. The van der Waals surface area contributed by atoms with E-state index in [4.69, 9.17) is 0 Å². The standard InChI is InChI=1S/C20H38/c1-15-7-11-17(12-8-15)19(3,4)20(5,6)18-13-9-16(2)10-14-18/h15-18H,7-14H2,1-6H3. The fraction of sp³-hybridized carbons (Fsp3) is 1.00. The van der Waals surface area contributed by atoms with Gasteiger partial charge in [-0.25, -0.2) is 0 Å². The summed E-state index contributed by atoms with van der Waals surface area (Å²) < 4.78 is 0. The minimum absolute atomic E-state index is 0.498. The molecule has 2 aliphatic rings. The lowest BCUT2D eigenvalue weighted by atomic mass is 9.51. The van der Waals surface area contributed by atoms with Crippen LogP contribution in [0.1, 0.15) is 92.9 Å². The van der Waals surface area contributed by atoms with Crippen molar-refractivity contribution in [2.75, 3.05) is 0 Å². The minimum Gasteiger partial charge on any atom is -0.0625 e. The summed E-state index contributed by atoms with van der Waals surface area (Å²) in [4.78, 5) is 0. The van der Waals surface area contributed by atoms with Crippen LogP contribution in [0.4, 0.5) is 0 Å². The first-order chi connectivity index (χ1) is 9.25. The number of hydrogen-bond donors (Lipinski definition) is 0. The van der Waals surface area contributed by atoms with Crippen molar-refractivity contribution in [2.45, 2.75) is 92.9 Å². The zero-order valence-electron chi connectivity index (χ0n) is 15.0. The van der Waals surface area contributed by atoms with E-state index in [1.807, 2.05) is 0 Å². The molecule has 0 amide bonds. The molecule has 0 aliphatic heterocycles. The molecule has 0 bridgehead atoms. The Kier molecular flexibility index (Phi) is 4.92. The Morgan fingerprint density at radius 2 is 0.750 bits per heavy atom. The van der Waals surface area contributed by atoms with Crippen LogP contribution in [0.25, 0.3) is 0 Å². The monoisotopic (exact) mass is 278 g/mol. The average molecular weight is 279 g/mol. The lowest BCUT2D eigenvalue weighted by Gasteiger charge is -2.54. The van der Waals surface area contributed by atoms with Crippen LogP contribution in [-0.4, -0.2) is 0 Å². The van der Waals surface area contributed by atoms with Gasteiger partial charge in [-0.05, 0) is 60.2 Å². The van der Waals surface area contributed by atoms with E-state index in [-0.39, 0.29) is 0 Å². The second-order valence-electron chi connectivity index (χ2n) is 9.36. The molecule has 2 saturated carbocycles. The highest BCUT2D eigenvalue weighted by atomic mass is 14.5. The van der Waals surface area contributed by atoms with Gasteiger partial charge in [0.15, 0.2) is 0 Å². The van der Waals surface area contributed by atoms with Gasteiger partial charge in [0.05, 0.1) is 0 Å². The SMILES string of the molecule is CC1CCC(C(C)(C)C(C)(C)C2CCC(C)CC2)CC1. The highest BCUT2D eigenvalue weighted by molar-refractivity contribution is 4.97. The minimum atomic E-state index is 0.498. The van der Waals surface area contributed by atoms with E-state index in [0.717, 1.165) is 23.7 Å². The van der Waals surface area contributed by atoms with Gasteiger partial charge in [0.2, 0.25) is 0 Å². The summed E-state index contributed by atoms with van der Waals surface area (Å²) in [5.74, 6) is 3.85. The second kappa shape index (κ2) is 6.01. The summed E-state index contributed by atoms with van der Waals surface area (Å²) in [5, 5.41) is 0. The topological polar surface area (TPSA) is 0 Å². The molecular formula is C20H38. The van der Waals surface area contributed by atoms with Crippen LogP contribution in [0.3, 0.4) is 0 Å². The molecule has 0 N–H and O–H groups in total. The molecule has 2 rings (SSSR count). The molecule has 0 aromatic heterocycles. The van der Waals surface area contributed by atoms with Crippen LogP contribution >= 0.6 is 0 Å². The van der Waals surface area contributed by atoms with E-state index in [2.05, 4.69) is 41.5 Å². The lowest BCUT2D eigenvalue weighted by molar-refractivity contribution is -0.0451. The quantitative estimate of drug-likeness (QED) is 0.539. The molecule has 2 aliphatic carbocycles. The Hall–Kier alpha value is 0. The van der Waals surface area contributed by atoms with E-state index in [1.165, 1.54) is 51.4 Å². The van der Waals surface area contributed by atoms with Gasteiger partial charge in [-0.2, -0.15) is 0 Å². The first-order valence-electron chi connectivity index (χ1n) is 9.25. The smallest absolute Gasteiger partial charge is 0.0272 e. The average Bonchev–Trinajstić information content (AvgIpc) is 2.39. The van der Waals surface area contributed by atoms with Crippen molar-refractivity contribution in [3.63, 3.8) is 0 Å². The summed E-state index contributed by atoms with van der Waals surface area (Å²) in [5.41, 5.74) is 0.997. The fourth-order valence-corrected chi connectivity index (χ4v) is 5.02. The zero-order valence-corrected chi connectivity index (χ0v) is 15.0.